The second kappa shape index (κ2) is 8.06. The van der Waals surface area contributed by atoms with Crippen molar-refractivity contribution in [3.63, 3.8) is 0 Å². The van der Waals surface area contributed by atoms with Crippen molar-refractivity contribution in [1.82, 2.24) is 0 Å². The minimum Gasteiger partial charge on any atom is -0.456 e. The van der Waals surface area contributed by atoms with Crippen LogP contribution in [0.1, 0.15) is 20.8 Å². The number of ether oxygens (including phenoxy) is 5. The van der Waals surface area contributed by atoms with E-state index in [1.807, 2.05) is 0 Å². The Morgan fingerprint density at radius 3 is 1.77 bits per heavy atom. The number of rotatable bonds is 5. The van der Waals surface area contributed by atoms with Crippen LogP contribution in [0.15, 0.2) is 0 Å². The smallest absolute Gasteiger partial charge is 0.303 e. The molecule has 0 saturated carbocycles. The zero-order chi connectivity index (χ0) is 16.9. The molecule has 1 aliphatic heterocycles. The summed E-state index contributed by atoms with van der Waals surface area (Å²) in [5.41, 5.74) is 5.61. The largest absolute Gasteiger partial charge is 0.456 e. The highest BCUT2D eigenvalue weighted by Gasteiger charge is 2.51. The van der Waals surface area contributed by atoms with Gasteiger partial charge in [0, 0.05) is 34.4 Å². The number of carbonyl (C=O) groups excluding carboxylic acids is 3. The van der Waals surface area contributed by atoms with Crippen molar-refractivity contribution in [2.45, 2.75) is 51.5 Å². The minimum absolute atomic E-state index is 0.0115. The van der Waals surface area contributed by atoms with Crippen molar-refractivity contribution < 1.29 is 38.1 Å². The van der Waals surface area contributed by atoms with Gasteiger partial charge in [0.2, 0.25) is 0 Å². The Kier molecular flexibility index (Phi) is 6.72. The van der Waals surface area contributed by atoms with Crippen LogP contribution in [-0.2, 0) is 38.1 Å². The summed E-state index contributed by atoms with van der Waals surface area (Å²) in [4.78, 5) is 33.9. The lowest BCUT2D eigenvalue weighted by atomic mass is 9.98. The fourth-order valence-corrected chi connectivity index (χ4v) is 2.23. The molecule has 1 aliphatic rings. The monoisotopic (exact) mass is 319 g/mol. The molecule has 22 heavy (non-hydrogen) atoms. The van der Waals surface area contributed by atoms with Gasteiger partial charge in [0.1, 0.15) is 6.10 Å². The molecule has 1 heterocycles. The molecule has 0 radical (unpaired) electrons. The Morgan fingerprint density at radius 2 is 1.36 bits per heavy atom. The van der Waals surface area contributed by atoms with E-state index in [1.165, 1.54) is 27.9 Å². The van der Waals surface area contributed by atoms with Gasteiger partial charge in [-0.2, -0.15) is 0 Å². The van der Waals surface area contributed by atoms with Gasteiger partial charge in [-0.05, 0) is 0 Å². The molecule has 126 valence electrons. The number of hydrogen-bond acceptors (Lipinski definition) is 9. The van der Waals surface area contributed by atoms with Crippen molar-refractivity contribution in [2.75, 3.05) is 13.7 Å². The van der Waals surface area contributed by atoms with Gasteiger partial charge >= 0.3 is 17.9 Å². The van der Waals surface area contributed by atoms with E-state index in [9.17, 15) is 14.4 Å². The molecule has 1 fully saturated rings. The van der Waals surface area contributed by atoms with E-state index in [0.29, 0.717) is 0 Å². The first-order chi connectivity index (χ1) is 10.3. The third kappa shape index (κ3) is 4.65. The van der Waals surface area contributed by atoms with E-state index >= 15 is 0 Å². The highest BCUT2D eigenvalue weighted by molar-refractivity contribution is 5.68. The molecule has 0 bridgehead atoms. The molecule has 9 nitrogen and oxygen atoms in total. The summed E-state index contributed by atoms with van der Waals surface area (Å²) < 4.78 is 26.1. The lowest BCUT2D eigenvalue weighted by molar-refractivity contribution is -0.296. The van der Waals surface area contributed by atoms with Crippen LogP contribution < -0.4 is 5.73 Å². The summed E-state index contributed by atoms with van der Waals surface area (Å²) in [5.74, 6) is -1.87. The van der Waals surface area contributed by atoms with Gasteiger partial charge in [0.25, 0.3) is 0 Å². The van der Waals surface area contributed by atoms with Gasteiger partial charge in [-0.3, -0.25) is 14.4 Å². The Balaban J connectivity index is 3.14. The molecule has 5 atom stereocenters. The summed E-state index contributed by atoms with van der Waals surface area (Å²) >= 11 is 0. The van der Waals surface area contributed by atoms with Crippen LogP contribution >= 0.6 is 0 Å². The van der Waals surface area contributed by atoms with Crippen LogP contribution in [0.5, 0.6) is 0 Å². The molecule has 0 aromatic carbocycles. The van der Waals surface area contributed by atoms with E-state index in [4.69, 9.17) is 29.4 Å². The van der Waals surface area contributed by atoms with E-state index in [1.54, 1.807) is 0 Å². The Labute approximate surface area is 128 Å². The first-order valence-electron chi connectivity index (χ1n) is 6.70. The Hall–Kier alpha value is -1.71. The van der Waals surface area contributed by atoms with Gasteiger partial charge in [0.15, 0.2) is 24.6 Å². The average Bonchev–Trinajstić information content (AvgIpc) is 2.41. The van der Waals surface area contributed by atoms with E-state index in [2.05, 4.69) is 0 Å². The van der Waals surface area contributed by atoms with E-state index in [0.717, 1.165) is 0 Å². The van der Waals surface area contributed by atoms with Crippen LogP contribution in [-0.4, -0.2) is 62.3 Å². The Morgan fingerprint density at radius 1 is 0.909 bits per heavy atom. The molecular formula is C13H21NO8. The third-order valence-electron chi connectivity index (χ3n) is 2.96. The van der Waals surface area contributed by atoms with Gasteiger partial charge in [0.05, 0.1) is 0 Å². The first kappa shape index (κ1) is 18.3. The molecule has 1 saturated heterocycles. The van der Waals surface area contributed by atoms with Gasteiger partial charge < -0.3 is 29.4 Å². The van der Waals surface area contributed by atoms with Crippen molar-refractivity contribution >= 4 is 17.9 Å². The summed E-state index contributed by atoms with van der Waals surface area (Å²) in [6, 6.07) is 0. The first-order valence-corrected chi connectivity index (χ1v) is 6.70. The summed E-state index contributed by atoms with van der Waals surface area (Å²) in [7, 11) is 1.34. The number of esters is 3. The fraction of sp³-hybridized carbons (Fsp3) is 0.769. The molecular weight excluding hydrogens is 298 g/mol. The van der Waals surface area contributed by atoms with Gasteiger partial charge in [-0.1, -0.05) is 0 Å². The maximum atomic E-state index is 11.3. The van der Waals surface area contributed by atoms with Crippen molar-refractivity contribution in [3.05, 3.63) is 0 Å². The average molecular weight is 319 g/mol. The van der Waals surface area contributed by atoms with Crippen LogP contribution in [0.25, 0.3) is 0 Å². The molecule has 0 aromatic rings. The molecule has 2 N–H and O–H groups in total. The quantitative estimate of drug-likeness (QED) is 0.507. The molecule has 1 rings (SSSR count). The predicted molar refractivity (Wildman–Crippen MR) is 71.4 cm³/mol. The lowest BCUT2D eigenvalue weighted by Crippen LogP contribution is -2.63. The van der Waals surface area contributed by atoms with Crippen LogP contribution in [0.2, 0.25) is 0 Å². The van der Waals surface area contributed by atoms with Crippen LogP contribution in [0.4, 0.5) is 0 Å². The standard InChI is InChI=1S/C13H21NO8/c1-6(15)19-10-9(5-14)22-13(18-4)12(21-8(3)17)11(10)20-7(2)16/h9-13H,5,14H2,1-4H3/t9-,10-,11+,12-,13?/m1/s1. The SMILES string of the molecule is COC1O[C@H](CN)[C@@H](OC(C)=O)[C@H](OC(C)=O)[C@H]1OC(C)=O. The number of methoxy groups -OCH3 is 1. The third-order valence-corrected chi connectivity index (χ3v) is 2.96. The second-order valence-electron chi connectivity index (χ2n) is 4.74. The maximum absolute atomic E-state index is 11.3. The molecule has 0 amide bonds. The van der Waals surface area contributed by atoms with Crippen molar-refractivity contribution in [2.24, 2.45) is 5.73 Å². The zero-order valence-electron chi connectivity index (χ0n) is 12.9. The highest BCUT2D eigenvalue weighted by atomic mass is 16.7. The predicted octanol–water partition coefficient (Wildman–Crippen LogP) is -0.888. The summed E-state index contributed by atoms with van der Waals surface area (Å²) in [6.45, 7) is 3.56. The van der Waals surface area contributed by atoms with E-state index < -0.39 is 48.6 Å². The molecule has 0 spiro atoms. The van der Waals surface area contributed by atoms with Crippen LogP contribution in [0.3, 0.4) is 0 Å². The molecule has 0 aliphatic carbocycles. The van der Waals surface area contributed by atoms with Crippen molar-refractivity contribution in [3.8, 4) is 0 Å². The zero-order valence-corrected chi connectivity index (χ0v) is 12.9. The van der Waals surface area contributed by atoms with Gasteiger partial charge in [-0.25, -0.2) is 0 Å². The number of carbonyl (C=O) groups is 3. The molecule has 0 aromatic heterocycles. The topological polar surface area (TPSA) is 123 Å². The van der Waals surface area contributed by atoms with Crippen LogP contribution in [0, 0.1) is 0 Å². The number of hydrogen-bond donors (Lipinski definition) is 1. The minimum atomic E-state index is -1.09. The number of nitrogens with two attached hydrogens (primary N) is 1. The van der Waals surface area contributed by atoms with E-state index in [-0.39, 0.29) is 6.54 Å². The summed E-state index contributed by atoms with van der Waals surface area (Å²) in [5, 5.41) is 0. The fourth-order valence-electron chi connectivity index (χ4n) is 2.23. The highest BCUT2D eigenvalue weighted by Crippen LogP contribution is 2.28. The van der Waals surface area contributed by atoms with Crippen molar-refractivity contribution in [1.29, 1.82) is 0 Å². The summed E-state index contributed by atoms with van der Waals surface area (Å²) in [6.07, 6.45) is -4.96. The lowest BCUT2D eigenvalue weighted by Gasteiger charge is -2.43. The molecule has 9 heteroatoms. The normalized spacial score (nSPS) is 31.2. The van der Waals surface area contributed by atoms with Gasteiger partial charge in [-0.15, -0.1) is 0 Å². The Bertz CT molecular complexity index is 396. The maximum Gasteiger partial charge on any atom is 0.303 e. The second-order valence-corrected chi connectivity index (χ2v) is 4.74. The molecule has 1 unspecified atom stereocenters.